The maximum absolute atomic E-state index is 6.01. The molecule has 1 aromatic carbocycles. The van der Waals surface area contributed by atoms with Gasteiger partial charge in [0, 0.05) is 34.9 Å². The first-order valence-corrected chi connectivity index (χ1v) is 7.29. The van der Waals surface area contributed by atoms with Crippen LogP contribution in [-0.2, 0) is 7.05 Å². The minimum Gasteiger partial charge on any atom is -0.384 e. The van der Waals surface area contributed by atoms with Crippen molar-refractivity contribution < 1.29 is 0 Å². The van der Waals surface area contributed by atoms with E-state index in [0.717, 1.165) is 21.3 Å². The quantitative estimate of drug-likeness (QED) is 0.755. The molecule has 0 radical (unpaired) electrons. The lowest BCUT2D eigenvalue weighted by Crippen LogP contribution is -1.97. The molecule has 0 aliphatic rings. The summed E-state index contributed by atoms with van der Waals surface area (Å²) in [6, 6.07) is 7.24. The number of benzene rings is 1. The number of nitrogens with zero attached hydrogens (tertiary/aromatic N) is 4. The highest BCUT2D eigenvalue weighted by Crippen LogP contribution is 2.29. The second-order valence-corrected chi connectivity index (χ2v) is 5.79. The van der Waals surface area contributed by atoms with Crippen LogP contribution in [0.1, 0.15) is 0 Å². The Kier molecular flexibility index (Phi) is 3.65. The normalized spacial score (nSPS) is 10.8. The molecule has 0 bridgehead atoms. The van der Waals surface area contributed by atoms with Gasteiger partial charge in [-0.1, -0.05) is 11.6 Å². The Morgan fingerprint density at radius 3 is 2.67 bits per heavy atom. The molecule has 0 saturated heterocycles. The highest BCUT2D eigenvalue weighted by atomic mass is 79.9. The number of aryl methyl sites for hydroxylation is 1. The Hall–Kier alpha value is -1.92. The van der Waals surface area contributed by atoms with Gasteiger partial charge in [0.15, 0.2) is 5.82 Å². The first kappa shape index (κ1) is 14.0. The summed E-state index contributed by atoms with van der Waals surface area (Å²) in [7, 11) is 1.85. The third kappa shape index (κ3) is 2.91. The molecule has 0 fully saturated rings. The third-order valence-electron chi connectivity index (χ3n) is 2.92. The second-order valence-electron chi connectivity index (χ2n) is 4.53. The van der Waals surface area contributed by atoms with Crippen LogP contribution in [0.3, 0.4) is 0 Å². The fourth-order valence-electron chi connectivity index (χ4n) is 1.93. The van der Waals surface area contributed by atoms with Crippen LogP contribution in [0.15, 0.2) is 41.1 Å². The summed E-state index contributed by atoms with van der Waals surface area (Å²) in [5, 5.41) is 4.78. The van der Waals surface area contributed by atoms with Crippen molar-refractivity contribution >= 4 is 33.3 Å². The Bertz CT molecular complexity index is 815. The van der Waals surface area contributed by atoms with Crippen LogP contribution in [0.25, 0.3) is 22.6 Å². The van der Waals surface area contributed by atoms with E-state index in [-0.39, 0.29) is 0 Å². The van der Waals surface area contributed by atoms with Crippen molar-refractivity contribution in [2.45, 2.75) is 0 Å². The maximum Gasteiger partial charge on any atom is 0.162 e. The number of halogens is 2. The van der Waals surface area contributed by atoms with Crippen LogP contribution >= 0.6 is 27.5 Å². The van der Waals surface area contributed by atoms with Crippen molar-refractivity contribution in [2.75, 3.05) is 5.73 Å². The summed E-state index contributed by atoms with van der Waals surface area (Å²) >= 11 is 9.40. The summed E-state index contributed by atoms with van der Waals surface area (Å²) in [6.45, 7) is 0. The molecular formula is C14H11BrClN5. The van der Waals surface area contributed by atoms with Gasteiger partial charge in [0.05, 0.1) is 16.9 Å². The van der Waals surface area contributed by atoms with Crippen molar-refractivity contribution in [3.8, 4) is 22.6 Å². The largest absolute Gasteiger partial charge is 0.384 e. The average molecular weight is 365 g/mol. The zero-order chi connectivity index (χ0) is 15.0. The van der Waals surface area contributed by atoms with E-state index in [1.807, 2.05) is 25.4 Å². The standard InChI is InChI=1S/C14H11BrClN5/c1-21-7-9(6-18-21)12-5-13(17)20-14(19-12)8-2-3-11(16)10(15)4-8/h2-7H,1H3,(H2,17,19,20). The molecule has 7 heteroatoms. The minimum absolute atomic E-state index is 0.407. The molecule has 0 unspecified atom stereocenters. The van der Waals surface area contributed by atoms with E-state index in [9.17, 15) is 0 Å². The van der Waals surface area contributed by atoms with E-state index in [1.165, 1.54) is 0 Å². The molecule has 3 aromatic rings. The van der Waals surface area contributed by atoms with Gasteiger partial charge in [0.1, 0.15) is 5.82 Å². The first-order valence-electron chi connectivity index (χ1n) is 6.12. The van der Waals surface area contributed by atoms with Gasteiger partial charge in [-0.05, 0) is 34.1 Å². The van der Waals surface area contributed by atoms with Gasteiger partial charge >= 0.3 is 0 Å². The molecule has 0 spiro atoms. The Labute approximate surface area is 134 Å². The number of rotatable bonds is 2. The van der Waals surface area contributed by atoms with Crippen molar-refractivity contribution in [3.05, 3.63) is 46.2 Å². The van der Waals surface area contributed by atoms with Crippen LogP contribution in [-0.4, -0.2) is 19.7 Å². The fourth-order valence-corrected chi connectivity index (χ4v) is 2.43. The zero-order valence-electron chi connectivity index (χ0n) is 11.1. The molecule has 0 aliphatic carbocycles. The van der Waals surface area contributed by atoms with Gasteiger partial charge in [0.2, 0.25) is 0 Å². The summed E-state index contributed by atoms with van der Waals surface area (Å²) in [5.41, 5.74) is 8.35. The highest BCUT2D eigenvalue weighted by Gasteiger charge is 2.10. The third-order valence-corrected chi connectivity index (χ3v) is 4.14. The van der Waals surface area contributed by atoms with E-state index < -0.39 is 0 Å². The van der Waals surface area contributed by atoms with Crippen molar-refractivity contribution in [1.29, 1.82) is 0 Å². The van der Waals surface area contributed by atoms with Gasteiger partial charge in [0.25, 0.3) is 0 Å². The number of nitrogens with two attached hydrogens (primary N) is 1. The molecule has 106 valence electrons. The molecule has 2 aromatic heterocycles. The van der Waals surface area contributed by atoms with Crippen molar-refractivity contribution in [2.24, 2.45) is 7.05 Å². The topological polar surface area (TPSA) is 69.6 Å². The van der Waals surface area contributed by atoms with Crippen LogP contribution < -0.4 is 5.73 Å². The first-order chi connectivity index (χ1) is 10.0. The predicted octanol–water partition coefficient (Wildman–Crippen LogP) is 3.54. The SMILES string of the molecule is Cn1cc(-c2cc(N)nc(-c3ccc(Cl)c(Br)c3)n2)cn1. The van der Waals surface area contributed by atoms with Gasteiger partial charge in [-0.3, -0.25) is 4.68 Å². The van der Waals surface area contributed by atoms with Crippen LogP contribution in [0.5, 0.6) is 0 Å². The molecule has 0 amide bonds. The molecule has 2 heterocycles. The monoisotopic (exact) mass is 363 g/mol. The van der Waals surface area contributed by atoms with Crippen molar-refractivity contribution in [1.82, 2.24) is 19.7 Å². The van der Waals surface area contributed by atoms with E-state index in [1.54, 1.807) is 23.0 Å². The number of hydrogen-bond acceptors (Lipinski definition) is 4. The molecule has 5 nitrogen and oxygen atoms in total. The van der Waals surface area contributed by atoms with Gasteiger partial charge in [-0.25, -0.2) is 9.97 Å². The number of anilines is 1. The number of hydrogen-bond donors (Lipinski definition) is 1. The lowest BCUT2D eigenvalue weighted by molar-refractivity contribution is 0.768. The van der Waals surface area contributed by atoms with E-state index >= 15 is 0 Å². The molecular weight excluding hydrogens is 354 g/mol. The lowest BCUT2D eigenvalue weighted by Gasteiger charge is -2.06. The summed E-state index contributed by atoms with van der Waals surface area (Å²) in [5.74, 6) is 0.955. The summed E-state index contributed by atoms with van der Waals surface area (Å²) in [6.07, 6.45) is 3.62. The highest BCUT2D eigenvalue weighted by molar-refractivity contribution is 9.10. The Balaban J connectivity index is 2.11. The lowest BCUT2D eigenvalue weighted by atomic mass is 10.2. The predicted molar refractivity (Wildman–Crippen MR) is 86.8 cm³/mol. The molecule has 0 atom stereocenters. The Morgan fingerprint density at radius 2 is 2.00 bits per heavy atom. The molecule has 3 rings (SSSR count). The second kappa shape index (κ2) is 5.46. The number of aromatic nitrogens is 4. The van der Waals surface area contributed by atoms with Crippen molar-refractivity contribution in [3.63, 3.8) is 0 Å². The summed E-state index contributed by atoms with van der Waals surface area (Å²) < 4.78 is 2.50. The average Bonchev–Trinajstić information content (AvgIpc) is 2.88. The maximum atomic E-state index is 6.01. The fraction of sp³-hybridized carbons (Fsp3) is 0.0714. The van der Waals surface area contributed by atoms with Gasteiger partial charge in [-0.2, -0.15) is 5.10 Å². The van der Waals surface area contributed by atoms with Crippen LogP contribution in [0.4, 0.5) is 5.82 Å². The zero-order valence-corrected chi connectivity index (χ0v) is 13.4. The van der Waals surface area contributed by atoms with Crippen LogP contribution in [0, 0.1) is 0 Å². The molecule has 0 saturated carbocycles. The minimum atomic E-state index is 0.407. The molecule has 0 aliphatic heterocycles. The molecule has 21 heavy (non-hydrogen) atoms. The Morgan fingerprint density at radius 1 is 1.19 bits per heavy atom. The van der Waals surface area contributed by atoms with Crippen LogP contribution in [0.2, 0.25) is 5.02 Å². The smallest absolute Gasteiger partial charge is 0.162 e. The molecule has 2 N–H and O–H groups in total. The van der Waals surface area contributed by atoms with Gasteiger partial charge in [-0.15, -0.1) is 0 Å². The van der Waals surface area contributed by atoms with Gasteiger partial charge < -0.3 is 5.73 Å². The van der Waals surface area contributed by atoms with E-state index in [2.05, 4.69) is 31.0 Å². The number of nitrogen functional groups attached to an aromatic ring is 1. The summed E-state index contributed by atoms with van der Waals surface area (Å²) in [4.78, 5) is 8.83. The van der Waals surface area contributed by atoms with E-state index in [0.29, 0.717) is 16.7 Å². The van der Waals surface area contributed by atoms with E-state index in [4.69, 9.17) is 17.3 Å².